The number of anilines is 2. The van der Waals surface area contributed by atoms with E-state index in [1.165, 1.54) is 41.8 Å². The second-order valence-electron chi connectivity index (χ2n) is 6.12. The van der Waals surface area contributed by atoms with Gasteiger partial charge in [0.05, 0.1) is 17.0 Å². The van der Waals surface area contributed by atoms with Gasteiger partial charge in [0, 0.05) is 17.3 Å². The predicted octanol–water partition coefficient (Wildman–Crippen LogP) is 3.19. The van der Waals surface area contributed by atoms with E-state index in [1.54, 1.807) is 5.38 Å². The van der Waals surface area contributed by atoms with Crippen molar-refractivity contribution in [3.63, 3.8) is 0 Å². The molecule has 0 aliphatic carbocycles. The second kappa shape index (κ2) is 8.02. The number of rotatable bonds is 6. The summed E-state index contributed by atoms with van der Waals surface area (Å²) in [6, 6.07) is 13.5. The lowest BCUT2D eigenvalue weighted by atomic mass is 10.1. The topological polar surface area (TPSA) is 110 Å². The van der Waals surface area contributed by atoms with Gasteiger partial charge in [-0.3, -0.25) is 9.52 Å². The zero-order valence-electron chi connectivity index (χ0n) is 15.0. The smallest absolute Gasteiger partial charge is 0.263 e. The normalized spacial score (nSPS) is 12.8. The van der Waals surface area contributed by atoms with Crippen molar-refractivity contribution in [1.82, 2.24) is 4.98 Å². The molecule has 2 N–H and O–H groups in total. The molecule has 2 heterocycles. The van der Waals surface area contributed by atoms with E-state index in [4.69, 9.17) is 4.74 Å². The summed E-state index contributed by atoms with van der Waals surface area (Å²) >= 11 is 1.19. The first kappa shape index (κ1) is 19.1. The molecule has 0 spiro atoms. The zero-order chi connectivity index (χ0) is 20.3. The molecule has 0 fully saturated rings. The first-order chi connectivity index (χ1) is 14.0. The number of carbonyl (C=O) groups excluding carboxylic acids is 1. The van der Waals surface area contributed by atoms with Crippen molar-refractivity contribution < 1.29 is 17.9 Å². The summed E-state index contributed by atoms with van der Waals surface area (Å²) in [5.74, 6) is 0.135. The van der Waals surface area contributed by atoms with E-state index in [2.05, 4.69) is 20.0 Å². The summed E-state index contributed by atoms with van der Waals surface area (Å²) in [5, 5.41) is 4.63. The minimum atomic E-state index is -3.73. The summed E-state index contributed by atoms with van der Waals surface area (Å²) in [4.78, 5) is 20.4. The first-order valence-corrected chi connectivity index (χ1v) is 11.0. The van der Waals surface area contributed by atoms with E-state index in [9.17, 15) is 13.2 Å². The Hall–Kier alpha value is -3.24. The fraction of sp³-hybridized carbons (Fsp3) is 0.105. The van der Waals surface area contributed by atoms with Crippen molar-refractivity contribution in [3.05, 3.63) is 65.7 Å². The van der Waals surface area contributed by atoms with E-state index in [-0.39, 0.29) is 22.5 Å². The molecule has 3 aromatic rings. The lowest BCUT2D eigenvalue weighted by Crippen LogP contribution is -2.21. The number of hydrogen-bond acceptors (Lipinski definition) is 7. The molecule has 148 valence electrons. The van der Waals surface area contributed by atoms with Gasteiger partial charge in [0.1, 0.15) is 0 Å². The van der Waals surface area contributed by atoms with Gasteiger partial charge in [-0.2, -0.15) is 0 Å². The van der Waals surface area contributed by atoms with Crippen LogP contribution in [0.5, 0.6) is 0 Å². The third-order valence-electron chi connectivity index (χ3n) is 4.05. The van der Waals surface area contributed by atoms with Gasteiger partial charge in [0.25, 0.3) is 15.9 Å². The summed E-state index contributed by atoms with van der Waals surface area (Å²) in [6.07, 6.45) is 2.07. The number of benzene rings is 2. The summed E-state index contributed by atoms with van der Waals surface area (Å²) in [7, 11) is -3.73. The van der Waals surface area contributed by atoms with Crippen LogP contribution in [0.15, 0.2) is 70.0 Å². The Morgan fingerprint density at radius 3 is 2.66 bits per heavy atom. The Labute approximate surface area is 171 Å². The molecule has 0 bridgehead atoms. The van der Waals surface area contributed by atoms with Gasteiger partial charge >= 0.3 is 0 Å². The number of amides is 1. The average Bonchev–Trinajstić information content (AvgIpc) is 3.35. The van der Waals surface area contributed by atoms with Crippen molar-refractivity contribution >= 4 is 49.7 Å². The maximum Gasteiger partial charge on any atom is 0.263 e. The average molecular weight is 428 g/mol. The van der Waals surface area contributed by atoms with Crippen LogP contribution in [0.1, 0.15) is 5.56 Å². The van der Waals surface area contributed by atoms with Gasteiger partial charge < -0.3 is 10.1 Å². The van der Waals surface area contributed by atoms with Crippen LogP contribution in [0.4, 0.5) is 16.5 Å². The van der Waals surface area contributed by atoms with Crippen molar-refractivity contribution in [3.8, 4) is 0 Å². The fourth-order valence-corrected chi connectivity index (χ4v) is 4.49. The number of sulfonamides is 1. The Morgan fingerprint density at radius 1 is 1.14 bits per heavy atom. The molecule has 4 rings (SSSR count). The molecular weight excluding hydrogens is 412 g/mol. The fourth-order valence-electron chi connectivity index (χ4n) is 2.70. The number of ether oxygens (including phenoxy) is 1. The van der Waals surface area contributed by atoms with Crippen LogP contribution in [0.3, 0.4) is 0 Å². The highest BCUT2D eigenvalue weighted by molar-refractivity contribution is 7.93. The first-order valence-electron chi connectivity index (χ1n) is 8.60. The highest BCUT2D eigenvalue weighted by Crippen LogP contribution is 2.26. The summed E-state index contributed by atoms with van der Waals surface area (Å²) in [6.45, 7) is -0.182. The van der Waals surface area contributed by atoms with E-state index in [0.717, 1.165) is 11.3 Å². The largest absolute Gasteiger partial charge is 0.470 e. The Balaban J connectivity index is 1.31. The van der Waals surface area contributed by atoms with Gasteiger partial charge in [-0.05, 0) is 35.9 Å². The van der Waals surface area contributed by atoms with Crippen molar-refractivity contribution in [2.24, 2.45) is 4.99 Å². The Morgan fingerprint density at radius 2 is 1.93 bits per heavy atom. The molecular formula is C19H16N4O4S2. The highest BCUT2D eigenvalue weighted by atomic mass is 32.2. The van der Waals surface area contributed by atoms with Crippen molar-refractivity contribution in [2.45, 2.75) is 11.3 Å². The van der Waals surface area contributed by atoms with Gasteiger partial charge in [-0.15, -0.1) is 11.3 Å². The van der Waals surface area contributed by atoms with E-state index in [0.29, 0.717) is 18.0 Å². The standard InChI is InChI=1S/C19H16N4O4S2/c24-17(12-27-18-11-13-3-1-2-4-16(13)22-18)21-14-5-7-15(8-6-14)29(25,26)23-19-20-9-10-28-19/h1-10H,11-12H2,(H,20,23)(H,21,24). The third kappa shape index (κ3) is 4.61. The second-order valence-corrected chi connectivity index (χ2v) is 8.69. The number of nitrogens with zero attached hydrogens (tertiary/aromatic N) is 2. The third-order valence-corrected chi connectivity index (χ3v) is 6.22. The Kier molecular flexibility index (Phi) is 5.28. The van der Waals surface area contributed by atoms with Crippen molar-refractivity contribution in [2.75, 3.05) is 16.6 Å². The number of thiazole rings is 1. The highest BCUT2D eigenvalue weighted by Gasteiger charge is 2.17. The number of carbonyl (C=O) groups is 1. The molecule has 0 radical (unpaired) electrons. The molecule has 10 heteroatoms. The van der Waals surface area contributed by atoms with Gasteiger partial charge in [0.2, 0.25) is 0 Å². The quantitative estimate of drug-likeness (QED) is 0.627. The lowest BCUT2D eigenvalue weighted by molar-refractivity contribution is -0.118. The van der Waals surface area contributed by atoms with Crippen LogP contribution < -0.4 is 10.0 Å². The number of hydrogen-bond donors (Lipinski definition) is 2. The molecule has 0 saturated carbocycles. The molecule has 1 aromatic heterocycles. The van der Waals surface area contributed by atoms with Crippen LogP contribution in [0.2, 0.25) is 0 Å². The minimum absolute atomic E-state index is 0.0695. The Bertz CT molecular complexity index is 1160. The van der Waals surface area contributed by atoms with Crippen LogP contribution in [0.25, 0.3) is 0 Å². The van der Waals surface area contributed by atoms with Gasteiger partial charge in [-0.1, -0.05) is 18.2 Å². The van der Waals surface area contributed by atoms with E-state index < -0.39 is 10.0 Å². The van der Waals surface area contributed by atoms with E-state index in [1.807, 2.05) is 24.3 Å². The maximum absolute atomic E-state index is 12.3. The molecule has 0 unspecified atom stereocenters. The van der Waals surface area contributed by atoms with Crippen LogP contribution >= 0.6 is 11.3 Å². The monoisotopic (exact) mass is 428 g/mol. The van der Waals surface area contributed by atoms with Crippen LogP contribution in [0, 0.1) is 0 Å². The molecule has 0 saturated heterocycles. The number of para-hydroxylation sites is 1. The zero-order valence-corrected chi connectivity index (χ0v) is 16.7. The number of aromatic nitrogens is 1. The van der Waals surface area contributed by atoms with Crippen molar-refractivity contribution in [1.29, 1.82) is 0 Å². The summed E-state index contributed by atoms with van der Waals surface area (Å²) < 4.78 is 32.5. The molecule has 2 aromatic carbocycles. The molecule has 0 atom stereocenters. The molecule has 1 amide bonds. The maximum atomic E-state index is 12.3. The SMILES string of the molecule is O=C(COC1=Nc2ccccc2C1)Nc1ccc(S(=O)(=O)Nc2nccs2)cc1. The summed E-state index contributed by atoms with van der Waals surface area (Å²) in [5.41, 5.74) is 2.38. The number of nitrogens with one attached hydrogen (secondary N) is 2. The molecule has 1 aliphatic rings. The molecule has 1 aliphatic heterocycles. The minimum Gasteiger partial charge on any atom is -0.470 e. The lowest BCUT2D eigenvalue weighted by Gasteiger charge is -2.09. The number of fused-ring (bicyclic) bond motifs is 1. The molecule has 8 nitrogen and oxygen atoms in total. The predicted molar refractivity (Wildman–Crippen MR) is 111 cm³/mol. The number of aliphatic imine (C=N–C) groups is 1. The van der Waals surface area contributed by atoms with Gasteiger partial charge in [0.15, 0.2) is 17.6 Å². The van der Waals surface area contributed by atoms with Crippen LogP contribution in [-0.4, -0.2) is 31.8 Å². The van der Waals surface area contributed by atoms with Crippen LogP contribution in [-0.2, 0) is 26.0 Å². The molecule has 29 heavy (non-hydrogen) atoms. The van der Waals surface area contributed by atoms with E-state index >= 15 is 0 Å². The van der Waals surface area contributed by atoms with Gasteiger partial charge in [-0.25, -0.2) is 18.4 Å².